The predicted molar refractivity (Wildman–Crippen MR) is 90.7 cm³/mol. The Morgan fingerprint density at radius 3 is 3.14 bits per heavy atom. The third-order valence-electron chi connectivity index (χ3n) is 4.44. The Morgan fingerprint density at radius 2 is 2.27 bits per heavy atom. The Balaban J connectivity index is 1.82. The molecule has 4 heterocycles. The van der Waals surface area contributed by atoms with Gasteiger partial charge in [0.1, 0.15) is 11.2 Å². The van der Waals surface area contributed by atoms with E-state index in [2.05, 4.69) is 33.6 Å². The summed E-state index contributed by atoms with van der Waals surface area (Å²) in [4.78, 5) is 8.42. The van der Waals surface area contributed by atoms with Crippen LogP contribution in [0.2, 0.25) is 0 Å². The molecule has 0 saturated heterocycles. The summed E-state index contributed by atoms with van der Waals surface area (Å²) < 4.78 is 2.04. The van der Waals surface area contributed by atoms with Crippen LogP contribution in [0.4, 0.5) is 0 Å². The van der Waals surface area contributed by atoms with Crippen molar-refractivity contribution in [3.05, 3.63) is 34.3 Å². The number of rotatable bonds is 1. The molecule has 1 aliphatic carbocycles. The van der Waals surface area contributed by atoms with Gasteiger partial charge in [0.25, 0.3) is 0 Å². The largest absolute Gasteiger partial charge is 0.264 e. The second-order valence-corrected chi connectivity index (χ2v) is 8.00. The van der Waals surface area contributed by atoms with Gasteiger partial charge in [0, 0.05) is 4.88 Å². The van der Waals surface area contributed by atoms with Crippen LogP contribution in [-0.2, 0) is 12.8 Å². The van der Waals surface area contributed by atoms with Crippen molar-refractivity contribution in [2.75, 3.05) is 0 Å². The highest BCUT2D eigenvalue weighted by atomic mass is 32.1. The minimum absolute atomic E-state index is 0.774. The summed E-state index contributed by atoms with van der Waals surface area (Å²) in [5.74, 6) is 1.67. The molecule has 0 amide bonds. The van der Waals surface area contributed by atoms with Crippen molar-refractivity contribution in [3.63, 3.8) is 0 Å². The molecule has 1 atom stereocenters. The van der Waals surface area contributed by atoms with Gasteiger partial charge < -0.3 is 0 Å². The van der Waals surface area contributed by atoms with Crippen LogP contribution in [-0.4, -0.2) is 19.6 Å². The predicted octanol–water partition coefficient (Wildman–Crippen LogP) is 4.19. The Hall–Kier alpha value is -1.79. The molecule has 6 heteroatoms. The van der Waals surface area contributed by atoms with Gasteiger partial charge >= 0.3 is 0 Å². The standard InChI is InChI=1S/C16H14N4S2/c1-9-4-5-10-12(7-9)22-16-13(10)15-19-18-14(20(15)8-17-16)11-3-2-6-21-11/h2-3,6,8-9H,4-5,7H2,1H3. The van der Waals surface area contributed by atoms with Gasteiger partial charge in [-0.05, 0) is 42.2 Å². The number of aryl methyl sites for hydroxylation is 1. The monoisotopic (exact) mass is 326 g/mol. The van der Waals surface area contributed by atoms with Gasteiger partial charge in [-0.3, -0.25) is 4.40 Å². The fourth-order valence-electron chi connectivity index (χ4n) is 3.31. The molecule has 4 nitrogen and oxygen atoms in total. The topological polar surface area (TPSA) is 43.1 Å². The van der Waals surface area contributed by atoms with E-state index in [0.717, 1.165) is 33.5 Å². The van der Waals surface area contributed by atoms with Crippen molar-refractivity contribution in [1.29, 1.82) is 0 Å². The fourth-order valence-corrected chi connectivity index (χ4v) is 5.36. The van der Waals surface area contributed by atoms with Gasteiger partial charge in [0.05, 0.1) is 10.3 Å². The van der Waals surface area contributed by atoms with Crippen LogP contribution in [0.5, 0.6) is 0 Å². The maximum Gasteiger partial charge on any atom is 0.179 e. The maximum atomic E-state index is 4.69. The quantitative estimate of drug-likeness (QED) is 0.527. The second kappa shape index (κ2) is 4.60. The van der Waals surface area contributed by atoms with E-state index in [1.807, 2.05) is 28.1 Å². The number of hydrogen-bond acceptors (Lipinski definition) is 5. The van der Waals surface area contributed by atoms with Gasteiger partial charge in [-0.1, -0.05) is 13.0 Å². The van der Waals surface area contributed by atoms with E-state index in [0.29, 0.717) is 0 Å². The van der Waals surface area contributed by atoms with Gasteiger partial charge in [-0.25, -0.2) is 4.98 Å². The third-order valence-corrected chi connectivity index (χ3v) is 6.47. The summed E-state index contributed by atoms with van der Waals surface area (Å²) in [5.41, 5.74) is 2.42. The van der Waals surface area contributed by atoms with Crippen LogP contribution in [0.15, 0.2) is 23.8 Å². The molecule has 110 valence electrons. The van der Waals surface area contributed by atoms with Crippen LogP contribution < -0.4 is 0 Å². The summed E-state index contributed by atoms with van der Waals surface area (Å²) in [7, 11) is 0. The molecule has 0 aromatic carbocycles. The molecule has 0 aliphatic heterocycles. The Bertz CT molecular complexity index is 981. The molecule has 4 aromatic heterocycles. The van der Waals surface area contributed by atoms with Crippen molar-refractivity contribution in [2.45, 2.75) is 26.2 Å². The van der Waals surface area contributed by atoms with E-state index in [-0.39, 0.29) is 0 Å². The molecule has 1 unspecified atom stereocenters. The number of hydrogen-bond donors (Lipinski definition) is 0. The highest BCUT2D eigenvalue weighted by Crippen LogP contribution is 2.39. The summed E-state index contributed by atoms with van der Waals surface area (Å²) in [6, 6.07) is 4.12. The zero-order valence-corrected chi connectivity index (χ0v) is 13.7. The third kappa shape index (κ3) is 1.71. The average Bonchev–Trinajstić information content (AvgIpc) is 3.22. The van der Waals surface area contributed by atoms with Gasteiger partial charge in [0.15, 0.2) is 11.5 Å². The number of fused-ring (bicyclic) bond motifs is 5. The lowest BCUT2D eigenvalue weighted by Crippen LogP contribution is -2.08. The van der Waals surface area contributed by atoms with Crippen LogP contribution in [0.25, 0.3) is 26.6 Å². The van der Waals surface area contributed by atoms with Crippen molar-refractivity contribution in [2.24, 2.45) is 5.92 Å². The Kier molecular flexibility index (Phi) is 2.66. The Morgan fingerprint density at radius 1 is 1.32 bits per heavy atom. The van der Waals surface area contributed by atoms with Gasteiger partial charge in [-0.15, -0.1) is 32.9 Å². The van der Waals surface area contributed by atoms with E-state index in [9.17, 15) is 0 Å². The molecule has 4 aromatic rings. The molecular formula is C16H14N4S2. The van der Waals surface area contributed by atoms with E-state index >= 15 is 0 Å². The zero-order valence-electron chi connectivity index (χ0n) is 12.1. The first-order valence-corrected chi connectivity index (χ1v) is 9.18. The van der Waals surface area contributed by atoms with Gasteiger partial charge in [0.2, 0.25) is 0 Å². The number of thiophene rings is 2. The van der Waals surface area contributed by atoms with E-state index in [1.54, 1.807) is 11.3 Å². The molecule has 0 fully saturated rings. The van der Waals surface area contributed by atoms with Crippen molar-refractivity contribution in [1.82, 2.24) is 19.6 Å². The second-order valence-electron chi connectivity index (χ2n) is 5.97. The highest BCUT2D eigenvalue weighted by Gasteiger charge is 2.24. The smallest absolute Gasteiger partial charge is 0.179 e. The first kappa shape index (κ1) is 12.7. The van der Waals surface area contributed by atoms with Crippen molar-refractivity contribution >= 4 is 38.5 Å². The number of nitrogens with zero attached hydrogens (tertiary/aromatic N) is 4. The molecular weight excluding hydrogens is 312 g/mol. The molecule has 5 rings (SSSR count). The van der Waals surface area contributed by atoms with Crippen molar-refractivity contribution in [3.8, 4) is 10.7 Å². The first-order chi connectivity index (χ1) is 10.8. The summed E-state index contributed by atoms with van der Waals surface area (Å²) in [5, 5.41) is 12.2. The number of aromatic nitrogens is 4. The van der Waals surface area contributed by atoms with Crippen LogP contribution in [0.1, 0.15) is 23.8 Å². The summed E-state index contributed by atoms with van der Waals surface area (Å²) in [6.45, 7) is 2.34. The van der Waals surface area contributed by atoms with E-state index in [4.69, 9.17) is 0 Å². The molecule has 1 aliphatic rings. The first-order valence-electron chi connectivity index (χ1n) is 7.49. The highest BCUT2D eigenvalue weighted by molar-refractivity contribution is 7.19. The average molecular weight is 326 g/mol. The van der Waals surface area contributed by atoms with E-state index < -0.39 is 0 Å². The lowest BCUT2D eigenvalue weighted by Gasteiger charge is -2.17. The van der Waals surface area contributed by atoms with Crippen LogP contribution >= 0.6 is 22.7 Å². The minimum Gasteiger partial charge on any atom is -0.264 e. The SMILES string of the molecule is CC1CCc2c(sc3ncn4c(-c5cccs5)nnc4c23)C1. The summed E-state index contributed by atoms with van der Waals surface area (Å²) >= 11 is 3.52. The molecule has 0 N–H and O–H groups in total. The molecule has 0 bridgehead atoms. The summed E-state index contributed by atoms with van der Waals surface area (Å²) in [6.07, 6.45) is 5.44. The molecule has 0 saturated carbocycles. The van der Waals surface area contributed by atoms with E-state index in [1.165, 1.54) is 28.7 Å². The molecule has 22 heavy (non-hydrogen) atoms. The molecule has 0 spiro atoms. The minimum atomic E-state index is 0.774. The molecule has 0 radical (unpaired) electrons. The lowest BCUT2D eigenvalue weighted by molar-refractivity contribution is 0.509. The van der Waals surface area contributed by atoms with Crippen LogP contribution in [0.3, 0.4) is 0 Å². The fraction of sp³-hybridized carbons (Fsp3) is 0.312. The van der Waals surface area contributed by atoms with Crippen molar-refractivity contribution < 1.29 is 0 Å². The Labute approximate surface area is 135 Å². The van der Waals surface area contributed by atoms with Gasteiger partial charge in [-0.2, -0.15) is 0 Å². The van der Waals surface area contributed by atoms with Crippen LogP contribution in [0, 0.1) is 5.92 Å². The normalized spacial score (nSPS) is 18.1. The lowest BCUT2D eigenvalue weighted by atomic mass is 9.89. The maximum absolute atomic E-state index is 4.69. The zero-order chi connectivity index (χ0) is 14.7.